The van der Waals surface area contributed by atoms with Crippen molar-refractivity contribution in [3.8, 4) is 0 Å². The summed E-state index contributed by atoms with van der Waals surface area (Å²) in [6.45, 7) is 8.99. The monoisotopic (exact) mass is 537 g/mol. The average molecular weight is 538 g/mol. The molecule has 4 heteroatoms. The number of allylic oxidation sites excluding steroid dienone is 1. The molecule has 3 nitrogen and oxygen atoms in total. The Bertz CT molecular complexity index is 839. The van der Waals surface area contributed by atoms with Crippen LogP contribution in [0.3, 0.4) is 0 Å². The van der Waals surface area contributed by atoms with Gasteiger partial charge < -0.3 is 15.3 Å². The first-order valence-electron chi connectivity index (χ1n) is 15.2. The maximum Gasteiger partial charge on any atom is 0.261 e. The molecule has 2 atom stereocenters. The van der Waals surface area contributed by atoms with E-state index in [1.165, 1.54) is 81.0 Å². The SMILES string of the molecule is CCCCCCCCCCCCC/C=C/[C@@H](O[Si](c1ccccc1)(c1ccccc1)C(C)(C)C)[C@@H](N)CO. The smallest absolute Gasteiger partial charge is 0.261 e. The molecule has 0 fully saturated rings. The van der Waals surface area contributed by atoms with E-state index in [2.05, 4.69) is 101 Å². The highest BCUT2D eigenvalue weighted by Crippen LogP contribution is 2.38. The zero-order valence-electron chi connectivity index (χ0n) is 24.7. The van der Waals surface area contributed by atoms with Crippen LogP contribution in [-0.2, 0) is 4.43 Å². The topological polar surface area (TPSA) is 55.5 Å². The van der Waals surface area contributed by atoms with Crippen LogP contribution in [0.15, 0.2) is 72.8 Å². The molecule has 0 spiro atoms. The second-order valence-corrected chi connectivity index (χ2v) is 16.1. The van der Waals surface area contributed by atoms with E-state index < -0.39 is 14.4 Å². The molecule has 3 N–H and O–H groups in total. The van der Waals surface area contributed by atoms with Crippen molar-refractivity contribution in [2.24, 2.45) is 5.73 Å². The van der Waals surface area contributed by atoms with Gasteiger partial charge in [-0.3, -0.25) is 0 Å². The fraction of sp³-hybridized carbons (Fsp3) is 0.588. The quantitative estimate of drug-likeness (QED) is 0.111. The van der Waals surface area contributed by atoms with Crippen LogP contribution >= 0.6 is 0 Å². The lowest BCUT2D eigenvalue weighted by Gasteiger charge is -2.45. The van der Waals surface area contributed by atoms with Crippen molar-refractivity contribution in [2.45, 2.75) is 122 Å². The molecule has 2 aromatic carbocycles. The lowest BCUT2D eigenvalue weighted by atomic mass is 10.0. The zero-order valence-corrected chi connectivity index (χ0v) is 25.7. The van der Waals surface area contributed by atoms with Crippen LogP contribution in [0, 0.1) is 0 Å². The first-order chi connectivity index (χ1) is 18.4. The summed E-state index contributed by atoms with van der Waals surface area (Å²) in [6, 6.07) is 20.8. The molecule has 0 bridgehead atoms. The van der Waals surface area contributed by atoms with E-state index in [1.807, 2.05) is 0 Å². The highest BCUT2D eigenvalue weighted by atomic mass is 28.4. The minimum Gasteiger partial charge on any atom is -0.399 e. The molecule has 0 amide bonds. The number of rotatable bonds is 19. The molecule has 0 heterocycles. The fourth-order valence-electron chi connectivity index (χ4n) is 5.43. The number of benzene rings is 2. The lowest BCUT2D eigenvalue weighted by Crippen LogP contribution is -2.68. The van der Waals surface area contributed by atoms with Gasteiger partial charge in [0.25, 0.3) is 8.32 Å². The van der Waals surface area contributed by atoms with Crippen molar-refractivity contribution >= 4 is 18.7 Å². The average Bonchev–Trinajstić information content (AvgIpc) is 2.93. The summed E-state index contributed by atoms with van der Waals surface area (Å²) < 4.78 is 7.20. The normalized spacial score (nSPS) is 14.2. The van der Waals surface area contributed by atoms with Gasteiger partial charge in [0, 0.05) is 0 Å². The summed E-state index contributed by atoms with van der Waals surface area (Å²) >= 11 is 0. The number of aliphatic hydroxyl groups is 1. The van der Waals surface area contributed by atoms with Crippen LogP contribution < -0.4 is 16.1 Å². The Morgan fingerprint density at radius 3 is 1.63 bits per heavy atom. The molecule has 0 unspecified atom stereocenters. The van der Waals surface area contributed by atoms with Crippen molar-refractivity contribution in [2.75, 3.05) is 6.61 Å². The van der Waals surface area contributed by atoms with E-state index in [0.29, 0.717) is 0 Å². The minimum absolute atomic E-state index is 0.106. The fourth-order valence-corrected chi connectivity index (χ4v) is 10.1. The van der Waals surface area contributed by atoms with E-state index in [0.717, 1.165) is 6.42 Å². The molecule has 0 saturated carbocycles. The molecule has 0 aliphatic heterocycles. The van der Waals surface area contributed by atoms with Crippen LogP contribution in [-0.4, -0.2) is 32.2 Å². The molecule has 0 aliphatic rings. The molecule has 2 rings (SSSR count). The van der Waals surface area contributed by atoms with Crippen molar-refractivity contribution < 1.29 is 9.53 Å². The third-order valence-corrected chi connectivity index (χ3v) is 12.7. The van der Waals surface area contributed by atoms with Crippen molar-refractivity contribution in [1.29, 1.82) is 0 Å². The van der Waals surface area contributed by atoms with Gasteiger partial charge in [-0.1, -0.05) is 165 Å². The van der Waals surface area contributed by atoms with Crippen LogP contribution in [0.5, 0.6) is 0 Å². The molecule has 38 heavy (non-hydrogen) atoms. The Morgan fingerprint density at radius 2 is 1.21 bits per heavy atom. The molecule has 0 aliphatic carbocycles. The van der Waals surface area contributed by atoms with Gasteiger partial charge in [0.2, 0.25) is 0 Å². The largest absolute Gasteiger partial charge is 0.399 e. The van der Waals surface area contributed by atoms with Crippen molar-refractivity contribution in [3.05, 3.63) is 72.8 Å². The Hall–Kier alpha value is -1.72. The van der Waals surface area contributed by atoms with Gasteiger partial charge in [-0.15, -0.1) is 0 Å². The zero-order chi connectivity index (χ0) is 27.7. The van der Waals surface area contributed by atoms with Gasteiger partial charge in [0.05, 0.1) is 18.8 Å². The van der Waals surface area contributed by atoms with Gasteiger partial charge in [0.1, 0.15) is 0 Å². The van der Waals surface area contributed by atoms with Crippen LogP contribution in [0.25, 0.3) is 0 Å². The number of hydrogen-bond acceptors (Lipinski definition) is 3. The van der Waals surface area contributed by atoms with Crippen LogP contribution in [0.4, 0.5) is 0 Å². The Labute approximate surface area is 235 Å². The van der Waals surface area contributed by atoms with E-state index >= 15 is 0 Å². The molecule has 0 aromatic heterocycles. The molecule has 212 valence electrons. The van der Waals surface area contributed by atoms with E-state index in [9.17, 15) is 5.11 Å². The second-order valence-electron chi connectivity index (χ2n) is 11.8. The number of unbranched alkanes of at least 4 members (excludes halogenated alkanes) is 11. The number of aliphatic hydroxyl groups excluding tert-OH is 1. The Balaban J connectivity index is 2.03. The van der Waals surface area contributed by atoms with Crippen molar-refractivity contribution in [1.82, 2.24) is 0 Å². The van der Waals surface area contributed by atoms with Gasteiger partial charge >= 0.3 is 0 Å². The maximum atomic E-state index is 10.0. The van der Waals surface area contributed by atoms with E-state index in [4.69, 9.17) is 10.2 Å². The predicted octanol–water partition coefficient (Wildman–Crippen LogP) is 7.51. The molecule has 0 saturated heterocycles. The number of hydrogen-bond donors (Lipinski definition) is 2. The third-order valence-electron chi connectivity index (χ3n) is 7.66. The Kier molecular flexibility index (Phi) is 15.2. The van der Waals surface area contributed by atoms with Crippen LogP contribution in [0.1, 0.15) is 105 Å². The summed E-state index contributed by atoms with van der Waals surface area (Å²) in [7, 11) is -2.74. The second kappa shape index (κ2) is 17.8. The van der Waals surface area contributed by atoms with Gasteiger partial charge in [-0.2, -0.15) is 0 Å². The standard InChI is InChI=1S/C34H55NO2Si/c1-5-6-7-8-9-10-11-12-13-14-15-16-23-28-33(32(35)29-36)37-38(34(2,3)4,30-24-19-17-20-25-30)31-26-21-18-22-27-31/h17-28,32-33,36H,5-16,29,35H2,1-4H3/b28-23+/t32-,33+/m0/s1. The van der Waals surface area contributed by atoms with Crippen LogP contribution in [0.2, 0.25) is 5.04 Å². The highest BCUT2D eigenvalue weighted by molar-refractivity contribution is 6.99. The van der Waals surface area contributed by atoms with Crippen molar-refractivity contribution in [3.63, 3.8) is 0 Å². The maximum absolute atomic E-state index is 10.0. The van der Waals surface area contributed by atoms with E-state index in [1.54, 1.807) is 0 Å². The Morgan fingerprint density at radius 1 is 0.763 bits per heavy atom. The summed E-state index contributed by atoms with van der Waals surface area (Å²) in [6.07, 6.45) is 19.9. The first kappa shape index (κ1) is 32.5. The summed E-state index contributed by atoms with van der Waals surface area (Å²) in [4.78, 5) is 0. The van der Waals surface area contributed by atoms with Gasteiger partial charge in [-0.05, 0) is 28.3 Å². The summed E-state index contributed by atoms with van der Waals surface area (Å²) in [5.74, 6) is 0. The molecular formula is C34H55NO2Si. The first-order valence-corrected chi connectivity index (χ1v) is 17.1. The third kappa shape index (κ3) is 10.1. The minimum atomic E-state index is -2.74. The molecule has 2 aromatic rings. The lowest BCUT2D eigenvalue weighted by molar-refractivity contribution is 0.153. The summed E-state index contributed by atoms with van der Waals surface area (Å²) in [5.41, 5.74) is 6.47. The summed E-state index contributed by atoms with van der Waals surface area (Å²) in [5, 5.41) is 12.4. The molecular weight excluding hydrogens is 482 g/mol. The van der Waals surface area contributed by atoms with Gasteiger partial charge in [0.15, 0.2) is 0 Å². The highest BCUT2D eigenvalue weighted by Gasteiger charge is 2.51. The predicted molar refractivity (Wildman–Crippen MR) is 168 cm³/mol. The van der Waals surface area contributed by atoms with E-state index in [-0.39, 0.29) is 17.7 Å². The van der Waals surface area contributed by atoms with Gasteiger partial charge in [-0.25, -0.2) is 0 Å². The number of nitrogens with two attached hydrogens (primary N) is 1. The molecule has 0 radical (unpaired) electrons.